The van der Waals surface area contributed by atoms with Crippen molar-refractivity contribution in [1.29, 1.82) is 0 Å². The van der Waals surface area contributed by atoms with Gasteiger partial charge < -0.3 is 21.3 Å². The van der Waals surface area contributed by atoms with Crippen LogP contribution in [-0.2, 0) is 0 Å². The number of phenols is 1. The van der Waals surface area contributed by atoms with Gasteiger partial charge in [0.05, 0.1) is 11.0 Å². The van der Waals surface area contributed by atoms with E-state index in [1.54, 1.807) is 24.3 Å². The molecule has 0 aliphatic rings. The summed E-state index contributed by atoms with van der Waals surface area (Å²) in [7, 11) is 0. The first kappa shape index (κ1) is 16.7. The molecule has 0 radical (unpaired) electrons. The fraction of sp³-hybridized carbons (Fsp3) is 0.250. The maximum atomic E-state index is 10.7. The molecule has 2 aromatic rings. The Balaban J connectivity index is 1.88. The summed E-state index contributed by atoms with van der Waals surface area (Å²) in [5, 5.41) is 33.4. The van der Waals surface area contributed by atoms with Crippen molar-refractivity contribution < 1.29 is 15.1 Å². The van der Waals surface area contributed by atoms with E-state index in [1.807, 2.05) is 0 Å². The van der Waals surface area contributed by atoms with Gasteiger partial charge in [-0.2, -0.15) is 0 Å². The summed E-state index contributed by atoms with van der Waals surface area (Å²) in [6.07, 6.45) is -0.437. The summed E-state index contributed by atoms with van der Waals surface area (Å²) in [5.41, 5.74) is 7.15. The molecular weight excluding hydrogens is 298 g/mol. The minimum Gasteiger partial charge on any atom is -0.508 e. The van der Waals surface area contributed by atoms with Crippen molar-refractivity contribution in [3.63, 3.8) is 0 Å². The Morgan fingerprint density at radius 2 is 1.96 bits per heavy atom. The second-order valence-corrected chi connectivity index (χ2v) is 5.23. The molecule has 0 bridgehead atoms. The molecular formula is C16H19N3O4. The summed E-state index contributed by atoms with van der Waals surface area (Å²) >= 11 is 0. The van der Waals surface area contributed by atoms with E-state index in [0.29, 0.717) is 24.2 Å². The van der Waals surface area contributed by atoms with Gasteiger partial charge in [-0.15, -0.1) is 0 Å². The highest BCUT2D eigenvalue weighted by atomic mass is 16.6. The Morgan fingerprint density at radius 3 is 2.65 bits per heavy atom. The fourth-order valence-corrected chi connectivity index (χ4v) is 2.23. The van der Waals surface area contributed by atoms with E-state index < -0.39 is 17.1 Å². The number of nitrogens with one attached hydrogen (secondary N) is 1. The lowest BCUT2D eigenvalue weighted by Gasteiger charge is -2.19. The molecule has 0 saturated heterocycles. The lowest BCUT2D eigenvalue weighted by Crippen LogP contribution is -2.30. The minimum atomic E-state index is -0.894. The van der Waals surface area contributed by atoms with Crippen molar-refractivity contribution in [3.8, 4) is 5.75 Å². The van der Waals surface area contributed by atoms with Crippen LogP contribution in [0.25, 0.3) is 0 Å². The normalized spacial score (nSPS) is 13.3. The van der Waals surface area contributed by atoms with Gasteiger partial charge in [0.2, 0.25) is 0 Å². The van der Waals surface area contributed by atoms with Crippen molar-refractivity contribution in [2.24, 2.45) is 5.73 Å². The number of nitrogens with two attached hydrogens (primary N) is 1. The van der Waals surface area contributed by atoms with Crippen LogP contribution in [0.3, 0.4) is 0 Å². The fourth-order valence-electron chi connectivity index (χ4n) is 2.23. The van der Waals surface area contributed by atoms with Gasteiger partial charge >= 0.3 is 0 Å². The van der Waals surface area contributed by atoms with Crippen LogP contribution in [-0.4, -0.2) is 27.7 Å². The van der Waals surface area contributed by atoms with E-state index in [-0.39, 0.29) is 11.4 Å². The Bertz CT molecular complexity index is 678. The van der Waals surface area contributed by atoms with E-state index in [4.69, 9.17) is 5.73 Å². The zero-order valence-electron chi connectivity index (χ0n) is 12.4. The molecule has 0 amide bonds. The molecule has 2 aromatic carbocycles. The summed E-state index contributed by atoms with van der Waals surface area (Å²) in [4.78, 5) is 10.3. The molecule has 0 fully saturated rings. The quantitative estimate of drug-likeness (QED) is 0.458. The van der Waals surface area contributed by atoms with Crippen LogP contribution >= 0.6 is 0 Å². The molecule has 0 saturated carbocycles. The van der Waals surface area contributed by atoms with E-state index in [1.165, 1.54) is 24.3 Å². The predicted molar refractivity (Wildman–Crippen MR) is 87.2 cm³/mol. The maximum Gasteiger partial charge on any atom is 0.271 e. The number of phenolic OH excluding ortho intramolecular Hbond substituents is 1. The Hall–Kier alpha value is -2.64. The van der Waals surface area contributed by atoms with Crippen molar-refractivity contribution in [2.75, 3.05) is 11.9 Å². The van der Waals surface area contributed by atoms with Crippen LogP contribution in [0.1, 0.15) is 18.1 Å². The van der Waals surface area contributed by atoms with Crippen LogP contribution in [0.4, 0.5) is 11.4 Å². The summed E-state index contributed by atoms with van der Waals surface area (Å²) in [6.45, 7) is 0.457. The number of anilines is 1. The molecule has 0 aliphatic carbocycles. The molecule has 0 aliphatic heterocycles. The maximum absolute atomic E-state index is 10.7. The van der Waals surface area contributed by atoms with E-state index in [0.717, 1.165) is 0 Å². The van der Waals surface area contributed by atoms with Crippen LogP contribution < -0.4 is 11.1 Å². The monoisotopic (exact) mass is 317 g/mol. The number of aliphatic hydroxyl groups excluding tert-OH is 1. The highest BCUT2D eigenvalue weighted by Crippen LogP contribution is 2.22. The van der Waals surface area contributed by atoms with E-state index in [9.17, 15) is 20.3 Å². The SMILES string of the molecule is NC(CCNc1cccc([N+](=O)[O-])c1)C(O)c1cccc(O)c1. The number of rotatable bonds is 7. The molecule has 2 rings (SSSR count). The number of non-ortho nitro benzene ring substituents is 1. The van der Waals surface area contributed by atoms with Gasteiger partial charge in [0.15, 0.2) is 0 Å². The largest absolute Gasteiger partial charge is 0.508 e. The second-order valence-electron chi connectivity index (χ2n) is 5.23. The first-order chi connectivity index (χ1) is 11.0. The van der Waals surface area contributed by atoms with Crippen molar-refractivity contribution in [2.45, 2.75) is 18.6 Å². The number of nitrogens with zero attached hydrogens (tertiary/aromatic N) is 1. The van der Waals surface area contributed by atoms with Gasteiger partial charge in [0.25, 0.3) is 5.69 Å². The van der Waals surface area contributed by atoms with Gasteiger partial charge in [0, 0.05) is 30.4 Å². The molecule has 7 nitrogen and oxygen atoms in total. The zero-order valence-corrected chi connectivity index (χ0v) is 12.4. The molecule has 0 heterocycles. The summed E-state index contributed by atoms with van der Waals surface area (Å²) in [6, 6.07) is 12.0. The summed E-state index contributed by atoms with van der Waals surface area (Å²) < 4.78 is 0. The Labute approximate surface area is 133 Å². The van der Waals surface area contributed by atoms with Crippen LogP contribution in [0.2, 0.25) is 0 Å². The molecule has 7 heteroatoms. The molecule has 2 unspecified atom stereocenters. The topological polar surface area (TPSA) is 122 Å². The highest BCUT2D eigenvalue weighted by molar-refractivity contribution is 5.50. The van der Waals surface area contributed by atoms with Gasteiger partial charge in [0.1, 0.15) is 5.75 Å². The number of aromatic hydroxyl groups is 1. The average Bonchev–Trinajstić information content (AvgIpc) is 2.54. The van der Waals surface area contributed by atoms with Crippen LogP contribution in [0.5, 0.6) is 5.75 Å². The van der Waals surface area contributed by atoms with E-state index in [2.05, 4.69) is 5.32 Å². The Kier molecular flexibility index (Phi) is 5.51. The third-order valence-electron chi connectivity index (χ3n) is 3.48. The van der Waals surface area contributed by atoms with Crippen molar-refractivity contribution >= 4 is 11.4 Å². The molecule has 2 atom stereocenters. The van der Waals surface area contributed by atoms with Gasteiger partial charge in [-0.1, -0.05) is 18.2 Å². The number of benzene rings is 2. The standard InChI is InChI=1S/C16H19N3O4/c17-15(16(21)11-3-1-6-14(20)9-11)7-8-18-12-4-2-5-13(10-12)19(22)23/h1-6,9-10,15-16,18,20-21H,7-8,17H2. The van der Waals surface area contributed by atoms with Crippen LogP contribution in [0.15, 0.2) is 48.5 Å². The van der Waals surface area contributed by atoms with Crippen LogP contribution in [0, 0.1) is 10.1 Å². The van der Waals surface area contributed by atoms with Crippen molar-refractivity contribution in [1.82, 2.24) is 0 Å². The summed E-state index contributed by atoms with van der Waals surface area (Å²) in [5.74, 6) is 0.0727. The van der Waals surface area contributed by atoms with Gasteiger partial charge in [-0.05, 0) is 30.2 Å². The second kappa shape index (κ2) is 7.57. The minimum absolute atomic E-state index is 0.0130. The first-order valence-corrected chi connectivity index (χ1v) is 7.18. The lowest BCUT2D eigenvalue weighted by atomic mass is 10.0. The molecule has 0 spiro atoms. The highest BCUT2D eigenvalue weighted by Gasteiger charge is 2.17. The molecule has 5 N–H and O–H groups in total. The van der Waals surface area contributed by atoms with Crippen molar-refractivity contribution in [3.05, 3.63) is 64.2 Å². The number of nitro benzene ring substituents is 1. The van der Waals surface area contributed by atoms with E-state index >= 15 is 0 Å². The third kappa shape index (κ3) is 4.67. The first-order valence-electron chi connectivity index (χ1n) is 7.18. The molecule has 23 heavy (non-hydrogen) atoms. The van der Waals surface area contributed by atoms with Gasteiger partial charge in [-0.3, -0.25) is 10.1 Å². The Morgan fingerprint density at radius 1 is 1.22 bits per heavy atom. The third-order valence-corrected chi connectivity index (χ3v) is 3.48. The zero-order chi connectivity index (χ0) is 16.8. The molecule has 0 aromatic heterocycles. The number of hydrogen-bond acceptors (Lipinski definition) is 6. The number of aliphatic hydroxyl groups is 1. The molecule has 122 valence electrons. The lowest BCUT2D eigenvalue weighted by molar-refractivity contribution is -0.384. The predicted octanol–water partition coefficient (Wildman–Crippen LogP) is 2.16. The van der Waals surface area contributed by atoms with Gasteiger partial charge in [-0.25, -0.2) is 0 Å². The number of hydrogen-bond donors (Lipinski definition) is 4. The number of nitro groups is 1. The smallest absolute Gasteiger partial charge is 0.271 e. The average molecular weight is 317 g/mol.